The molecule has 0 saturated carbocycles. The summed E-state index contributed by atoms with van der Waals surface area (Å²) in [4.78, 5) is 22.9. The van der Waals surface area contributed by atoms with Crippen molar-refractivity contribution in [2.45, 2.75) is 0 Å². The fraction of sp³-hybridized carbons (Fsp3) is 0. The van der Waals surface area contributed by atoms with Crippen LogP contribution in [0.25, 0.3) is 11.6 Å². The normalized spacial score (nSPS) is 14.2. The predicted molar refractivity (Wildman–Crippen MR) is 78.7 cm³/mol. The quantitative estimate of drug-likeness (QED) is 0.582. The molecule has 3 rings (SSSR count). The SMILES string of the molecule is O=C1Nc2ccc(Cl)cc2/C1=C/c1cccc(C(=O)[O-])c1.[Na+]. The molecular formula is C16H9ClNNaO3. The predicted octanol–water partition coefficient (Wildman–Crippen LogP) is -0.800. The van der Waals surface area contributed by atoms with Gasteiger partial charge in [-0.25, -0.2) is 0 Å². The molecule has 1 aliphatic rings. The number of anilines is 1. The summed E-state index contributed by atoms with van der Waals surface area (Å²) in [6.07, 6.45) is 1.63. The maximum absolute atomic E-state index is 12.0. The molecule has 0 saturated heterocycles. The van der Waals surface area contributed by atoms with Crippen molar-refractivity contribution < 1.29 is 44.3 Å². The summed E-state index contributed by atoms with van der Waals surface area (Å²) in [5, 5.41) is 14.1. The zero-order valence-corrected chi connectivity index (χ0v) is 14.5. The number of hydrogen-bond acceptors (Lipinski definition) is 3. The molecule has 22 heavy (non-hydrogen) atoms. The molecule has 104 valence electrons. The maximum Gasteiger partial charge on any atom is 1.00 e. The second-order valence-electron chi connectivity index (χ2n) is 4.61. The second kappa shape index (κ2) is 6.67. The van der Waals surface area contributed by atoms with Crippen molar-refractivity contribution >= 4 is 40.8 Å². The van der Waals surface area contributed by atoms with E-state index in [2.05, 4.69) is 5.32 Å². The number of hydrogen-bond donors (Lipinski definition) is 1. The van der Waals surface area contributed by atoms with Gasteiger partial charge in [-0.1, -0.05) is 29.8 Å². The van der Waals surface area contributed by atoms with Crippen LogP contribution < -0.4 is 40.0 Å². The average Bonchev–Trinajstić information content (AvgIpc) is 2.75. The van der Waals surface area contributed by atoms with Gasteiger partial charge in [-0.2, -0.15) is 0 Å². The van der Waals surface area contributed by atoms with Gasteiger partial charge in [0, 0.05) is 21.8 Å². The number of halogens is 1. The van der Waals surface area contributed by atoms with Crippen LogP contribution in [-0.4, -0.2) is 11.9 Å². The fourth-order valence-corrected chi connectivity index (χ4v) is 2.40. The molecule has 0 radical (unpaired) electrons. The van der Waals surface area contributed by atoms with Crippen LogP contribution in [0.15, 0.2) is 42.5 Å². The number of carboxylic acid groups (broad SMARTS) is 1. The number of carboxylic acids is 1. The Kier molecular flexibility index (Phi) is 5.08. The van der Waals surface area contributed by atoms with Gasteiger partial charge in [0.2, 0.25) is 0 Å². The van der Waals surface area contributed by atoms with Gasteiger partial charge < -0.3 is 15.2 Å². The minimum absolute atomic E-state index is 0. The third kappa shape index (κ3) is 3.25. The number of rotatable bonds is 2. The molecule has 0 spiro atoms. The number of fused-ring (bicyclic) bond motifs is 1. The third-order valence-corrected chi connectivity index (χ3v) is 3.43. The Morgan fingerprint density at radius 1 is 1.18 bits per heavy atom. The molecule has 0 fully saturated rings. The standard InChI is InChI=1S/C16H10ClNO3.Na/c17-11-4-5-14-12(8-11)13(15(19)18-14)7-9-2-1-3-10(6-9)16(20)21;/h1-8H,(H,18,19)(H,20,21);/q;+1/p-1/b13-7-;. The molecule has 6 heteroatoms. The topological polar surface area (TPSA) is 69.2 Å². The summed E-state index contributed by atoms with van der Waals surface area (Å²) >= 11 is 5.95. The average molecular weight is 322 g/mol. The molecule has 1 heterocycles. The molecule has 2 aromatic rings. The Morgan fingerprint density at radius 2 is 1.95 bits per heavy atom. The van der Waals surface area contributed by atoms with Gasteiger partial charge in [-0.15, -0.1) is 0 Å². The van der Waals surface area contributed by atoms with Crippen molar-refractivity contribution in [1.29, 1.82) is 0 Å². The smallest absolute Gasteiger partial charge is 0.545 e. The van der Waals surface area contributed by atoms with E-state index in [1.807, 2.05) is 0 Å². The molecule has 1 amide bonds. The Hall–Kier alpha value is -1.59. The summed E-state index contributed by atoms with van der Waals surface area (Å²) in [5.74, 6) is -1.50. The first-order valence-corrected chi connectivity index (χ1v) is 6.57. The molecule has 2 aromatic carbocycles. The van der Waals surface area contributed by atoms with E-state index in [0.717, 1.165) is 0 Å². The zero-order chi connectivity index (χ0) is 15.0. The van der Waals surface area contributed by atoms with Crippen molar-refractivity contribution in [3.05, 3.63) is 64.2 Å². The molecule has 0 bridgehead atoms. The van der Waals surface area contributed by atoms with Crippen LogP contribution in [0.1, 0.15) is 21.5 Å². The van der Waals surface area contributed by atoms with E-state index in [-0.39, 0.29) is 41.0 Å². The largest absolute Gasteiger partial charge is 1.00 e. The van der Waals surface area contributed by atoms with Crippen molar-refractivity contribution in [2.75, 3.05) is 5.32 Å². The summed E-state index contributed by atoms with van der Waals surface area (Å²) in [7, 11) is 0. The summed E-state index contributed by atoms with van der Waals surface area (Å²) < 4.78 is 0. The van der Waals surface area contributed by atoms with Gasteiger partial charge in [0.1, 0.15) is 0 Å². The van der Waals surface area contributed by atoms with E-state index in [1.54, 1.807) is 36.4 Å². The summed E-state index contributed by atoms with van der Waals surface area (Å²) in [5.41, 5.74) is 2.50. The van der Waals surface area contributed by atoms with E-state index >= 15 is 0 Å². The molecule has 4 nitrogen and oxygen atoms in total. The fourth-order valence-electron chi connectivity index (χ4n) is 2.23. The van der Waals surface area contributed by atoms with Gasteiger partial charge in [0.15, 0.2) is 0 Å². The molecular weight excluding hydrogens is 313 g/mol. The van der Waals surface area contributed by atoms with Crippen LogP contribution in [0.5, 0.6) is 0 Å². The van der Waals surface area contributed by atoms with E-state index < -0.39 is 5.97 Å². The minimum Gasteiger partial charge on any atom is -0.545 e. The molecule has 0 aliphatic carbocycles. The van der Waals surface area contributed by atoms with Crippen LogP contribution in [-0.2, 0) is 4.79 Å². The summed E-state index contributed by atoms with van der Waals surface area (Å²) in [6.45, 7) is 0. The number of carbonyl (C=O) groups is 2. The van der Waals surface area contributed by atoms with Crippen LogP contribution in [0.4, 0.5) is 5.69 Å². The van der Waals surface area contributed by atoms with Gasteiger partial charge >= 0.3 is 29.6 Å². The van der Waals surface area contributed by atoms with Crippen LogP contribution >= 0.6 is 11.6 Å². The minimum atomic E-state index is -1.26. The van der Waals surface area contributed by atoms with E-state index in [1.165, 1.54) is 12.1 Å². The van der Waals surface area contributed by atoms with E-state index in [0.29, 0.717) is 27.4 Å². The number of nitrogens with one attached hydrogen (secondary N) is 1. The monoisotopic (exact) mass is 321 g/mol. The van der Waals surface area contributed by atoms with Crippen LogP contribution in [0, 0.1) is 0 Å². The van der Waals surface area contributed by atoms with Crippen molar-refractivity contribution in [3.8, 4) is 0 Å². The second-order valence-corrected chi connectivity index (χ2v) is 5.05. The van der Waals surface area contributed by atoms with Crippen molar-refractivity contribution in [1.82, 2.24) is 0 Å². The van der Waals surface area contributed by atoms with Gasteiger partial charge in [-0.3, -0.25) is 4.79 Å². The van der Waals surface area contributed by atoms with Gasteiger partial charge in [0.05, 0.1) is 5.97 Å². The van der Waals surface area contributed by atoms with E-state index in [4.69, 9.17) is 11.6 Å². The van der Waals surface area contributed by atoms with Gasteiger partial charge in [-0.05, 0) is 41.5 Å². The van der Waals surface area contributed by atoms with Gasteiger partial charge in [0.25, 0.3) is 5.91 Å². The van der Waals surface area contributed by atoms with Crippen LogP contribution in [0.3, 0.4) is 0 Å². The van der Waals surface area contributed by atoms with Crippen LogP contribution in [0.2, 0.25) is 5.02 Å². The zero-order valence-electron chi connectivity index (χ0n) is 11.7. The van der Waals surface area contributed by atoms with Crippen molar-refractivity contribution in [3.63, 3.8) is 0 Å². The Morgan fingerprint density at radius 3 is 2.68 bits per heavy atom. The molecule has 0 unspecified atom stereocenters. The number of carbonyl (C=O) groups excluding carboxylic acids is 2. The molecule has 1 aliphatic heterocycles. The first kappa shape index (κ1) is 16.8. The molecule has 0 aromatic heterocycles. The third-order valence-electron chi connectivity index (χ3n) is 3.20. The van der Waals surface area contributed by atoms with Crippen molar-refractivity contribution in [2.24, 2.45) is 0 Å². The first-order chi connectivity index (χ1) is 10.0. The molecule has 0 atom stereocenters. The molecule has 1 N–H and O–H groups in total. The summed E-state index contributed by atoms with van der Waals surface area (Å²) in [6, 6.07) is 11.3. The number of benzene rings is 2. The maximum atomic E-state index is 12.0. The Bertz CT molecular complexity index is 802. The Balaban J connectivity index is 0.00000176. The Labute approximate surface area is 154 Å². The first-order valence-electron chi connectivity index (χ1n) is 6.19. The van der Waals surface area contributed by atoms with E-state index in [9.17, 15) is 14.7 Å². The number of amides is 1. The number of aromatic carboxylic acids is 1.